The Morgan fingerprint density at radius 3 is 3.08 bits per heavy atom. The smallest absolute Gasteiger partial charge is 0.235 e. The Balaban J connectivity index is 1.97. The lowest BCUT2D eigenvalue weighted by Gasteiger charge is -2.13. The van der Waals surface area contributed by atoms with E-state index in [-0.39, 0.29) is 0 Å². The van der Waals surface area contributed by atoms with Crippen molar-refractivity contribution in [3.05, 3.63) is 0 Å². The van der Waals surface area contributed by atoms with Crippen LogP contribution >= 0.6 is 0 Å². The maximum atomic E-state index is 10.1. The van der Waals surface area contributed by atoms with E-state index in [0.29, 0.717) is 11.5 Å². The maximum absolute atomic E-state index is 10.1. The Bertz CT molecular complexity index is 247. The molecule has 72 valence electrons. The highest BCUT2D eigenvalue weighted by atomic mass is 16.1. The number of hydrogen-bond donors (Lipinski definition) is 0. The largest absolute Gasteiger partial charge is 0.306 e. The molecule has 0 N–H and O–H groups in total. The average molecular weight is 180 g/mol. The van der Waals surface area contributed by atoms with Crippen LogP contribution in [0.2, 0.25) is 0 Å². The molecule has 0 aromatic carbocycles. The van der Waals surface area contributed by atoms with Crippen molar-refractivity contribution in [1.29, 1.82) is 0 Å². The predicted molar refractivity (Wildman–Crippen MR) is 50.3 cm³/mol. The van der Waals surface area contributed by atoms with E-state index in [1.807, 2.05) is 0 Å². The average Bonchev–Trinajstić information content (AvgIpc) is 2.80. The highest BCUT2D eigenvalue weighted by Crippen LogP contribution is 2.55. The fraction of sp³-hybridized carbons (Fsp3) is 0.900. The van der Waals surface area contributed by atoms with Crippen LogP contribution in [-0.2, 0) is 4.79 Å². The van der Waals surface area contributed by atoms with Gasteiger partial charge in [0.2, 0.25) is 6.08 Å². The summed E-state index contributed by atoms with van der Waals surface area (Å²) in [6.07, 6.45) is 6.52. The molecule has 0 bridgehead atoms. The fourth-order valence-electron chi connectivity index (χ4n) is 2.46. The van der Waals surface area contributed by atoms with Gasteiger partial charge in [-0.15, -0.1) is 0 Å². The zero-order valence-electron chi connectivity index (χ0n) is 8.12. The van der Waals surface area contributed by atoms with Gasteiger partial charge < -0.3 is 4.90 Å². The SMILES string of the molecule is CN1CCCC2(CC1)CC2N=C=O. The minimum Gasteiger partial charge on any atom is -0.306 e. The predicted octanol–water partition coefficient (Wildman–Crippen LogP) is 1.20. The molecule has 2 fully saturated rings. The summed E-state index contributed by atoms with van der Waals surface area (Å²) < 4.78 is 0. The minimum atomic E-state index is 0.302. The first-order valence-electron chi connectivity index (χ1n) is 5.02. The molecule has 1 aliphatic heterocycles. The number of hydrogen-bond acceptors (Lipinski definition) is 3. The van der Waals surface area contributed by atoms with Crippen LogP contribution in [0.1, 0.15) is 25.7 Å². The first-order valence-corrected chi connectivity index (χ1v) is 5.02. The van der Waals surface area contributed by atoms with Gasteiger partial charge >= 0.3 is 0 Å². The molecule has 3 nitrogen and oxygen atoms in total. The number of aliphatic imine (C=N–C) groups is 1. The molecule has 0 amide bonds. The van der Waals surface area contributed by atoms with E-state index in [0.717, 1.165) is 13.0 Å². The van der Waals surface area contributed by atoms with Crippen molar-refractivity contribution >= 4 is 6.08 Å². The minimum absolute atomic E-state index is 0.302. The molecule has 2 unspecified atom stereocenters. The van der Waals surface area contributed by atoms with E-state index in [9.17, 15) is 4.79 Å². The van der Waals surface area contributed by atoms with Gasteiger partial charge in [-0.2, -0.15) is 0 Å². The van der Waals surface area contributed by atoms with Crippen LogP contribution in [0.5, 0.6) is 0 Å². The van der Waals surface area contributed by atoms with Crippen molar-refractivity contribution in [2.24, 2.45) is 10.4 Å². The highest BCUT2D eigenvalue weighted by Gasteiger charge is 2.54. The van der Waals surface area contributed by atoms with Crippen LogP contribution in [0.25, 0.3) is 0 Å². The Morgan fingerprint density at radius 1 is 1.46 bits per heavy atom. The Labute approximate surface area is 78.8 Å². The summed E-state index contributed by atoms with van der Waals surface area (Å²) >= 11 is 0. The third kappa shape index (κ3) is 1.67. The third-order valence-corrected chi connectivity index (χ3v) is 3.56. The standard InChI is InChI=1S/C10H16N2O/c1-12-5-2-3-10(4-6-12)7-9(10)11-8-13/h9H,2-7H2,1H3. The topological polar surface area (TPSA) is 32.7 Å². The number of isocyanates is 1. The Kier molecular flexibility index (Phi) is 2.22. The van der Waals surface area contributed by atoms with Gasteiger partial charge in [0, 0.05) is 0 Å². The summed E-state index contributed by atoms with van der Waals surface area (Å²) in [4.78, 5) is 16.4. The quantitative estimate of drug-likeness (QED) is 0.448. The van der Waals surface area contributed by atoms with Gasteiger partial charge in [-0.05, 0) is 51.2 Å². The number of rotatable bonds is 1. The van der Waals surface area contributed by atoms with Crippen molar-refractivity contribution < 1.29 is 4.79 Å². The molecule has 2 aliphatic rings. The second-order valence-corrected chi connectivity index (χ2v) is 4.46. The van der Waals surface area contributed by atoms with Gasteiger partial charge in [-0.3, -0.25) is 0 Å². The molecular weight excluding hydrogens is 164 g/mol. The normalized spacial score (nSPS) is 39.6. The molecule has 1 saturated heterocycles. The third-order valence-electron chi connectivity index (χ3n) is 3.56. The first-order chi connectivity index (χ1) is 6.27. The molecule has 0 aromatic heterocycles. The number of likely N-dealkylation sites (tertiary alicyclic amines) is 1. The summed E-state index contributed by atoms with van der Waals surface area (Å²) in [5.41, 5.74) is 0.391. The van der Waals surface area contributed by atoms with Crippen LogP contribution in [0.4, 0.5) is 0 Å². The second kappa shape index (κ2) is 3.24. The maximum Gasteiger partial charge on any atom is 0.235 e. The van der Waals surface area contributed by atoms with Crippen molar-refractivity contribution in [2.45, 2.75) is 31.7 Å². The summed E-state index contributed by atoms with van der Waals surface area (Å²) in [6.45, 7) is 2.35. The van der Waals surface area contributed by atoms with Crippen molar-refractivity contribution in [3.8, 4) is 0 Å². The second-order valence-electron chi connectivity index (χ2n) is 4.46. The van der Waals surface area contributed by atoms with Gasteiger partial charge in [0.1, 0.15) is 0 Å². The Morgan fingerprint density at radius 2 is 2.31 bits per heavy atom. The van der Waals surface area contributed by atoms with E-state index >= 15 is 0 Å². The van der Waals surface area contributed by atoms with Crippen LogP contribution in [-0.4, -0.2) is 37.2 Å². The summed E-state index contributed by atoms with van der Waals surface area (Å²) in [5, 5.41) is 0. The molecular formula is C10H16N2O. The lowest BCUT2D eigenvalue weighted by Crippen LogP contribution is -2.19. The van der Waals surface area contributed by atoms with E-state index in [1.165, 1.54) is 25.8 Å². The molecule has 2 rings (SSSR count). The molecule has 3 heteroatoms. The molecule has 1 heterocycles. The lowest BCUT2D eigenvalue weighted by molar-refractivity contribution is 0.336. The van der Waals surface area contributed by atoms with Crippen molar-refractivity contribution in [1.82, 2.24) is 4.90 Å². The molecule has 1 spiro atoms. The number of carbonyl (C=O) groups excluding carboxylic acids is 1. The van der Waals surface area contributed by atoms with Gasteiger partial charge in [0.05, 0.1) is 6.04 Å². The number of nitrogens with zero attached hydrogens (tertiary/aromatic N) is 2. The van der Waals surface area contributed by atoms with E-state index in [4.69, 9.17) is 0 Å². The van der Waals surface area contributed by atoms with E-state index in [1.54, 1.807) is 6.08 Å². The molecule has 13 heavy (non-hydrogen) atoms. The molecule has 2 atom stereocenters. The highest BCUT2D eigenvalue weighted by molar-refractivity contribution is 5.35. The van der Waals surface area contributed by atoms with Crippen molar-refractivity contribution in [3.63, 3.8) is 0 Å². The summed E-state index contributed by atoms with van der Waals surface area (Å²) in [5.74, 6) is 0. The fourth-order valence-corrected chi connectivity index (χ4v) is 2.46. The molecule has 1 saturated carbocycles. The van der Waals surface area contributed by atoms with E-state index in [2.05, 4.69) is 16.9 Å². The summed E-state index contributed by atoms with van der Waals surface area (Å²) in [7, 11) is 2.17. The Hall–Kier alpha value is -0.660. The van der Waals surface area contributed by atoms with Crippen LogP contribution in [0.3, 0.4) is 0 Å². The van der Waals surface area contributed by atoms with Crippen LogP contribution < -0.4 is 0 Å². The molecule has 1 aliphatic carbocycles. The van der Waals surface area contributed by atoms with Gasteiger partial charge in [0.25, 0.3) is 0 Å². The zero-order chi connectivity index (χ0) is 9.31. The van der Waals surface area contributed by atoms with Crippen LogP contribution in [0.15, 0.2) is 4.99 Å². The van der Waals surface area contributed by atoms with Crippen molar-refractivity contribution in [2.75, 3.05) is 20.1 Å². The van der Waals surface area contributed by atoms with Gasteiger partial charge in [0.15, 0.2) is 0 Å². The van der Waals surface area contributed by atoms with Gasteiger partial charge in [-0.25, -0.2) is 9.79 Å². The monoisotopic (exact) mass is 180 g/mol. The first kappa shape index (κ1) is 8.92. The lowest BCUT2D eigenvalue weighted by atomic mass is 9.96. The zero-order valence-corrected chi connectivity index (χ0v) is 8.12. The van der Waals surface area contributed by atoms with E-state index < -0.39 is 0 Å². The van der Waals surface area contributed by atoms with Crippen LogP contribution in [0, 0.1) is 5.41 Å². The molecule has 0 aromatic rings. The molecule has 0 radical (unpaired) electrons. The summed E-state index contributed by atoms with van der Waals surface area (Å²) in [6, 6.07) is 0.302. The van der Waals surface area contributed by atoms with Gasteiger partial charge in [-0.1, -0.05) is 0 Å².